The van der Waals surface area contributed by atoms with E-state index in [1.54, 1.807) is 12.1 Å². The highest BCUT2D eigenvalue weighted by Gasteiger charge is 2.22. The van der Waals surface area contributed by atoms with Crippen LogP contribution in [0.3, 0.4) is 0 Å². The molecule has 0 bridgehead atoms. The summed E-state index contributed by atoms with van der Waals surface area (Å²) < 4.78 is 53.5. The molecule has 2 aromatic carbocycles. The SMILES string of the molecule is COc1ccc(/C=C2\CCOc3ccc(F)cc3C2=O)cc1OC(F)F. The molecule has 2 aromatic rings. The lowest BCUT2D eigenvalue weighted by molar-refractivity contribution is -0.0512. The molecule has 0 atom stereocenters. The first-order valence-electron chi connectivity index (χ1n) is 7.78. The number of hydrogen-bond donors (Lipinski definition) is 0. The van der Waals surface area contributed by atoms with Crippen molar-refractivity contribution in [2.45, 2.75) is 13.0 Å². The smallest absolute Gasteiger partial charge is 0.387 e. The van der Waals surface area contributed by atoms with Crippen LogP contribution >= 0.6 is 0 Å². The quantitative estimate of drug-likeness (QED) is 0.750. The second-order valence-corrected chi connectivity index (χ2v) is 5.53. The number of ketones is 1. The maximum absolute atomic E-state index is 13.5. The number of methoxy groups -OCH3 is 1. The fraction of sp³-hybridized carbons (Fsp3) is 0.211. The van der Waals surface area contributed by atoms with Gasteiger partial charge in [-0.3, -0.25) is 4.79 Å². The lowest BCUT2D eigenvalue weighted by Gasteiger charge is -2.11. The van der Waals surface area contributed by atoms with E-state index in [-0.39, 0.29) is 29.5 Å². The number of benzene rings is 2. The number of rotatable bonds is 4. The van der Waals surface area contributed by atoms with E-state index in [2.05, 4.69) is 4.74 Å². The Balaban J connectivity index is 1.97. The zero-order valence-electron chi connectivity index (χ0n) is 13.8. The molecule has 4 nitrogen and oxygen atoms in total. The number of alkyl halides is 2. The van der Waals surface area contributed by atoms with Crippen molar-refractivity contribution in [1.82, 2.24) is 0 Å². The number of carbonyl (C=O) groups is 1. The van der Waals surface area contributed by atoms with Crippen molar-refractivity contribution in [2.24, 2.45) is 0 Å². The fourth-order valence-corrected chi connectivity index (χ4v) is 2.67. The van der Waals surface area contributed by atoms with Gasteiger partial charge in [-0.25, -0.2) is 4.39 Å². The van der Waals surface area contributed by atoms with Gasteiger partial charge >= 0.3 is 6.61 Å². The van der Waals surface area contributed by atoms with Crippen LogP contribution in [0.5, 0.6) is 17.2 Å². The van der Waals surface area contributed by atoms with Crippen LogP contribution in [0.1, 0.15) is 22.3 Å². The zero-order valence-corrected chi connectivity index (χ0v) is 13.8. The molecule has 0 aliphatic carbocycles. The highest BCUT2D eigenvalue weighted by atomic mass is 19.3. The molecule has 136 valence electrons. The Bertz CT molecular complexity index is 862. The maximum atomic E-state index is 13.5. The summed E-state index contributed by atoms with van der Waals surface area (Å²) in [5.41, 5.74) is 0.985. The van der Waals surface area contributed by atoms with Crippen LogP contribution < -0.4 is 14.2 Å². The third-order valence-electron chi connectivity index (χ3n) is 3.85. The summed E-state index contributed by atoms with van der Waals surface area (Å²) in [5.74, 6) is -0.588. The summed E-state index contributed by atoms with van der Waals surface area (Å²) in [4.78, 5) is 12.7. The van der Waals surface area contributed by atoms with Gasteiger partial charge in [-0.1, -0.05) is 6.07 Å². The molecule has 0 spiro atoms. The van der Waals surface area contributed by atoms with Crippen molar-refractivity contribution >= 4 is 11.9 Å². The average Bonchev–Trinajstić information content (AvgIpc) is 2.75. The van der Waals surface area contributed by atoms with E-state index >= 15 is 0 Å². The highest BCUT2D eigenvalue weighted by molar-refractivity contribution is 6.13. The van der Waals surface area contributed by atoms with Crippen LogP contribution in [0.15, 0.2) is 42.0 Å². The van der Waals surface area contributed by atoms with Crippen LogP contribution in [-0.2, 0) is 0 Å². The van der Waals surface area contributed by atoms with E-state index < -0.39 is 12.4 Å². The van der Waals surface area contributed by atoms with Crippen molar-refractivity contribution < 1.29 is 32.2 Å². The second-order valence-electron chi connectivity index (χ2n) is 5.53. The fourth-order valence-electron chi connectivity index (χ4n) is 2.67. The Morgan fingerprint density at radius 1 is 1.15 bits per heavy atom. The molecule has 0 saturated carbocycles. The van der Waals surface area contributed by atoms with Gasteiger partial charge in [0.05, 0.1) is 19.3 Å². The van der Waals surface area contributed by atoms with E-state index in [4.69, 9.17) is 9.47 Å². The molecular formula is C19H15F3O4. The third-order valence-corrected chi connectivity index (χ3v) is 3.85. The van der Waals surface area contributed by atoms with E-state index in [1.165, 1.54) is 31.4 Å². The first kappa shape index (κ1) is 17.8. The molecule has 26 heavy (non-hydrogen) atoms. The minimum Gasteiger partial charge on any atom is -0.493 e. The lowest BCUT2D eigenvalue weighted by atomic mass is 9.99. The van der Waals surface area contributed by atoms with Gasteiger partial charge in [0.25, 0.3) is 0 Å². The van der Waals surface area contributed by atoms with Gasteiger partial charge in [0, 0.05) is 12.0 Å². The Kier molecular flexibility index (Phi) is 5.16. The second kappa shape index (κ2) is 7.51. The number of Topliss-reactive ketones (excluding diaryl/α,β-unsaturated/α-hetero) is 1. The molecule has 0 unspecified atom stereocenters. The summed E-state index contributed by atoms with van der Waals surface area (Å²) in [6.45, 7) is -2.76. The molecule has 1 aliphatic rings. The first-order chi connectivity index (χ1) is 12.5. The standard InChI is InChI=1S/C19H15F3O4/c1-24-16-4-2-11(9-17(16)26-19(21)22)8-12-6-7-25-15-5-3-13(20)10-14(15)18(12)23/h2-5,8-10,19H,6-7H2,1H3/b12-8+. The van der Waals surface area contributed by atoms with Gasteiger partial charge in [0.1, 0.15) is 11.6 Å². The minimum absolute atomic E-state index is 0.131. The Labute approximate surface area is 147 Å². The van der Waals surface area contributed by atoms with Crippen LogP contribution in [0.4, 0.5) is 13.2 Å². The van der Waals surface area contributed by atoms with Gasteiger partial charge < -0.3 is 14.2 Å². The van der Waals surface area contributed by atoms with Gasteiger partial charge in [-0.15, -0.1) is 0 Å². The van der Waals surface area contributed by atoms with Crippen LogP contribution in [0, 0.1) is 5.82 Å². The number of hydrogen-bond acceptors (Lipinski definition) is 4. The summed E-state index contributed by atoms with van der Waals surface area (Å²) in [7, 11) is 1.34. The van der Waals surface area contributed by atoms with E-state index in [9.17, 15) is 18.0 Å². The Morgan fingerprint density at radius 2 is 1.96 bits per heavy atom. The number of carbonyl (C=O) groups excluding carboxylic acids is 1. The van der Waals surface area contributed by atoms with Gasteiger partial charge in [-0.05, 0) is 42.0 Å². The van der Waals surface area contributed by atoms with E-state index in [0.717, 1.165) is 6.07 Å². The van der Waals surface area contributed by atoms with Gasteiger partial charge in [0.15, 0.2) is 17.3 Å². The Hall–Kier alpha value is -2.96. The highest BCUT2D eigenvalue weighted by Crippen LogP contribution is 2.32. The van der Waals surface area contributed by atoms with E-state index in [0.29, 0.717) is 23.3 Å². The van der Waals surface area contributed by atoms with E-state index in [1.807, 2.05) is 0 Å². The summed E-state index contributed by atoms with van der Waals surface area (Å²) in [5, 5.41) is 0. The topological polar surface area (TPSA) is 44.8 Å². The molecule has 0 radical (unpaired) electrons. The first-order valence-corrected chi connectivity index (χ1v) is 7.78. The number of fused-ring (bicyclic) bond motifs is 1. The van der Waals surface area contributed by atoms with Gasteiger partial charge in [0.2, 0.25) is 0 Å². The zero-order chi connectivity index (χ0) is 18.7. The number of ether oxygens (including phenoxy) is 3. The molecule has 0 amide bonds. The Morgan fingerprint density at radius 3 is 2.69 bits per heavy atom. The van der Waals surface area contributed by atoms with Crippen molar-refractivity contribution in [1.29, 1.82) is 0 Å². The van der Waals surface area contributed by atoms with Crippen molar-refractivity contribution in [2.75, 3.05) is 13.7 Å². The van der Waals surface area contributed by atoms with Crippen LogP contribution in [0.25, 0.3) is 6.08 Å². The molecule has 7 heteroatoms. The van der Waals surface area contributed by atoms with Crippen molar-refractivity contribution in [3.05, 3.63) is 58.9 Å². The largest absolute Gasteiger partial charge is 0.493 e. The van der Waals surface area contributed by atoms with Crippen molar-refractivity contribution in [3.8, 4) is 17.2 Å². The third kappa shape index (κ3) is 3.82. The molecule has 1 heterocycles. The molecule has 0 aromatic heterocycles. The van der Waals surface area contributed by atoms with Crippen molar-refractivity contribution in [3.63, 3.8) is 0 Å². The normalized spacial score (nSPS) is 15.4. The molecule has 0 N–H and O–H groups in total. The number of halogens is 3. The van der Waals surface area contributed by atoms with Gasteiger partial charge in [-0.2, -0.15) is 8.78 Å². The summed E-state index contributed by atoms with van der Waals surface area (Å²) >= 11 is 0. The summed E-state index contributed by atoms with van der Waals surface area (Å²) in [6, 6.07) is 8.18. The maximum Gasteiger partial charge on any atom is 0.387 e. The van der Waals surface area contributed by atoms with Crippen LogP contribution in [-0.4, -0.2) is 26.1 Å². The average molecular weight is 364 g/mol. The minimum atomic E-state index is -3.01. The molecule has 0 saturated heterocycles. The molecular weight excluding hydrogens is 349 g/mol. The van der Waals surface area contributed by atoms with Crippen LogP contribution in [0.2, 0.25) is 0 Å². The monoisotopic (exact) mass is 364 g/mol. The molecule has 3 rings (SSSR count). The predicted molar refractivity (Wildman–Crippen MR) is 88.4 cm³/mol. The predicted octanol–water partition coefficient (Wildman–Crippen LogP) is 4.48. The summed E-state index contributed by atoms with van der Waals surface area (Å²) in [6.07, 6.45) is 1.84. The molecule has 1 aliphatic heterocycles. The lowest BCUT2D eigenvalue weighted by Crippen LogP contribution is -2.04. The molecule has 0 fully saturated rings.